The van der Waals surface area contributed by atoms with Gasteiger partial charge >= 0.3 is 0 Å². The van der Waals surface area contributed by atoms with Gasteiger partial charge in [0.15, 0.2) is 0 Å². The summed E-state index contributed by atoms with van der Waals surface area (Å²) in [5.41, 5.74) is 1.29. The Hall–Kier alpha value is -0.0300. The van der Waals surface area contributed by atoms with Gasteiger partial charge in [-0.05, 0) is 30.4 Å². The molecule has 0 aliphatic heterocycles. The van der Waals surface area contributed by atoms with Crippen molar-refractivity contribution in [3.63, 3.8) is 0 Å². The Bertz CT molecular complexity index is 333. The minimum atomic E-state index is 0.142. The normalized spacial score (nSPS) is 12.8. The van der Waals surface area contributed by atoms with Crippen LogP contribution in [0.5, 0.6) is 0 Å². The van der Waals surface area contributed by atoms with Crippen molar-refractivity contribution in [1.82, 2.24) is 5.32 Å². The molecule has 2 nitrogen and oxygen atoms in total. The van der Waals surface area contributed by atoms with Crippen LogP contribution in [0.25, 0.3) is 0 Å². The number of aliphatic hydroxyl groups is 1. The number of nitrogens with one attached hydrogen (secondary N) is 1. The lowest BCUT2D eigenvalue weighted by atomic mass is 10.2. The number of thioether (sulfide) groups is 1. The second kappa shape index (κ2) is 7.33. The molecule has 1 rings (SSSR count). The summed E-state index contributed by atoms with van der Waals surface area (Å²) in [6, 6.07) is 6.47. The highest BCUT2D eigenvalue weighted by Gasteiger charge is 2.05. The first kappa shape index (κ1) is 14.0. The Morgan fingerprint density at radius 3 is 2.88 bits per heavy atom. The molecule has 0 heterocycles. The van der Waals surface area contributed by atoms with Crippen molar-refractivity contribution in [2.24, 2.45) is 0 Å². The summed E-state index contributed by atoms with van der Waals surface area (Å²) in [7, 11) is 0. The molecule has 16 heavy (non-hydrogen) atoms. The van der Waals surface area contributed by atoms with Crippen LogP contribution < -0.4 is 5.32 Å². The Labute approximate surface area is 110 Å². The smallest absolute Gasteiger partial charge is 0.0582 e. The minimum absolute atomic E-state index is 0.142. The van der Waals surface area contributed by atoms with Crippen molar-refractivity contribution < 1.29 is 5.11 Å². The largest absolute Gasteiger partial charge is 0.395 e. The van der Waals surface area contributed by atoms with Gasteiger partial charge in [0.25, 0.3) is 0 Å². The molecule has 0 spiro atoms. The van der Waals surface area contributed by atoms with Gasteiger partial charge in [-0.25, -0.2) is 0 Å². The van der Waals surface area contributed by atoms with Crippen molar-refractivity contribution in [3.8, 4) is 0 Å². The molecule has 0 saturated carbocycles. The Morgan fingerprint density at radius 2 is 2.25 bits per heavy atom. The first-order valence-electron chi connectivity index (χ1n) is 5.42. The molecule has 0 unspecified atom stereocenters. The number of rotatable bonds is 6. The van der Waals surface area contributed by atoms with Crippen LogP contribution in [0, 0.1) is 0 Å². The fraction of sp³-hybridized carbons (Fsp3) is 0.500. The third kappa shape index (κ3) is 4.45. The second-order valence-corrected chi connectivity index (χ2v) is 5.87. The van der Waals surface area contributed by atoms with Crippen LogP contribution in [0.15, 0.2) is 27.6 Å². The first-order chi connectivity index (χ1) is 7.67. The van der Waals surface area contributed by atoms with Crippen molar-refractivity contribution in [2.45, 2.75) is 31.3 Å². The van der Waals surface area contributed by atoms with E-state index in [0.29, 0.717) is 0 Å². The van der Waals surface area contributed by atoms with Gasteiger partial charge in [0.05, 0.1) is 6.61 Å². The molecule has 1 atom stereocenters. The first-order valence-corrected chi connectivity index (χ1v) is 7.20. The topological polar surface area (TPSA) is 32.3 Å². The molecule has 0 fully saturated rings. The van der Waals surface area contributed by atoms with E-state index in [1.807, 2.05) is 18.7 Å². The van der Waals surface area contributed by atoms with Crippen molar-refractivity contribution >= 4 is 27.7 Å². The number of aliphatic hydroxyl groups excluding tert-OH is 1. The second-order valence-electron chi connectivity index (χ2n) is 3.65. The number of hydrogen-bond acceptors (Lipinski definition) is 3. The fourth-order valence-electron chi connectivity index (χ4n) is 1.31. The monoisotopic (exact) mass is 303 g/mol. The molecule has 0 amide bonds. The highest BCUT2D eigenvalue weighted by Crippen LogP contribution is 2.26. The molecule has 1 aromatic carbocycles. The van der Waals surface area contributed by atoms with E-state index in [4.69, 9.17) is 5.11 Å². The van der Waals surface area contributed by atoms with Gasteiger partial charge < -0.3 is 10.4 Å². The highest BCUT2D eigenvalue weighted by molar-refractivity contribution is 9.10. The summed E-state index contributed by atoms with van der Waals surface area (Å²) in [5.74, 6) is 1.07. The number of benzene rings is 1. The van der Waals surface area contributed by atoms with Gasteiger partial charge in [-0.3, -0.25) is 0 Å². The molecular formula is C12H18BrNOS. The molecule has 0 aliphatic rings. The van der Waals surface area contributed by atoms with Gasteiger partial charge in [-0.1, -0.05) is 28.9 Å². The molecule has 90 valence electrons. The van der Waals surface area contributed by atoms with E-state index in [9.17, 15) is 0 Å². The molecule has 0 aromatic heterocycles. The standard InChI is InChI=1S/C12H18BrNOS/c1-3-16-12-6-11(13)5-4-10(12)7-14-9(2)8-15/h4-6,9,14-15H,3,7-8H2,1-2H3/t9-/m1/s1. The van der Waals surface area contributed by atoms with E-state index in [-0.39, 0.29) is 12.6 Å². The van der Waals surface area contributed by atoms with Crippen LogP contribution in [-0.4, -0.2) is 23.5 Å². The van der Waals surface area contributed by atoms with Crippen molar-refractivity contribution in [2.75, 3.05) is 12.4 Å². The van der Waals surface area contributed by atoms with Crippen LogP contribution in [0.2, 0.25) is 0 Å². The van der Waals surface area contributed by atoms with Gasteiger partial charge in [-0.2, -0.15) is 0 Å². The number of hydrogen-bond donors (Lipinski definition) is 2. The third-order valence-electron chi connectivity index (χ3n) is 2.24. The zero-order valence-electron chi connectivity index (χ0n) is 9.66. The molecule has 1 aromatic rings. The minimum Gasteiger partial charge on any atom is -0.395 e. The van der Waals surface area contributed by atoms with Crippen LogP contribution in [-0.2, 0) is 6.54 Å². The molecule has 4 heteroatoms. The quantitative estimate of drug-likeness (QED) is 0.792. The maximum Gasteiger partial charge on any atom is 0.0582 e. The average molecular weight is 304 g/mol. The third-order valence-corrected chi connectivity index (χ3v) is 3.72. The molecule has 2 N–H and O–H groups in total. The predicted molar refractivity (Wildman–Crippen MR) is 73.9 cm³/mol. The lowest BCUT2D eigenvalue weighted by Gasteiger charge is -2.13. The predicted octanol–water partition coefficient (Wildman–Crippen LogP) is 3.03. The lowest BCUT2D eigenvalue weighted by Crippen LogP contribution is -2.28. The summed E-state index contributed by atoms with van der Waals surface area (Å²) in [6.07, 6.45) is 0. The molecular weight excluding hydrogens is 286 g/mol. The maximum absolute atomic E-state index is 8.95. The van der Waals surface area contributed by atoms with Gasteiger partial charge in [0.1, 0.15) is 0 Å². The Kier molecular flexibility index (Phi) is 6.43. The van der Waals surface area contributed by atoms with E-state index >= 15 is 0 Å². The van der Waals surface area contributed by atoms with E-state index < -0.39 is 0 Å². The van der Waals surface area contributed by atoms with Gasteiger partial charge in [0.2, 0.25) is 0 Å². The average Bonchev–Trinajstić information content (AvgIpc) is 2.28. The summed E-state index contributed by atoms with van der Waals surface area (Å²) < 4.78 is 1.11. The summed E-state index contributed by atoms with van der Waals surface area (Å²) in [6.45, 7) is 5.11. The molecule has 0 radical (unpaired) electrons. The maximum atomic E-state index is 8.95. The van der Waals surface area contributed by atoms with Crippen LogP contribution >= 0.6 is 27.7 Å². The van der Waals surface area contributed by atoms with Gasteiger partial charge in [0, 0.05) is 22.0 Å². The van der Waals surface area contributed by atoms with E-state index in [0.717, 1.165) is 16.8 Å². The molecule has 0 aliphatic carbocycles. The fourth-order valence-corrected chi connectivity index (χ4v) is 2.67. The van der Waals surface area contributed by atoms with Gasteiger partial charge in [-0.15, -0.1) is 11.8 Å². The molecule has 0 saturated heterocycles. The zero-order chi connectivity index (χ0) is 12.0. The lowest BCUT2D eigenvalue weighted by molar-refractivity contribution is 0.251. The van der Waals surface area contributed by atoms with E-state index in [1.165, 1.54) is 10.5 Å². The van der Waals surface area contributed by atoms with E-state index in [1.54, 1.807) is 0 Å². The van der Waals surface area contributed by atoms with Crippen LogP contribution in [0.4, 0.5) is 0 Å². The number of halogens is 1. The Balaban J connectivity index is 2.70. The SMILES string of the molecule is CCSc1cc(Br)ccc1CN[C@H](C)CO. The van der Waals surface area contributed by atoms with Crippen molar-refractivity contribution in [3.05, 3.63) is 28.2 Å². The highest BCUT2D eigenvalue weighted by atomic mass is 79.9. The molecule has 0 bridgehead atoms. The summed E-state index contributed by atoms with van der Waals surface area (Å²) in [5, 5.41) is 12.2. The van der Waals surface area contributed by atoms with Crippen LogP contribution in [0.1, 0.15) is 19.4 Å². The van der Waals surface area contributed by atoms with Crippen molar-refractivity contribution in [1.29, 1.82) is 0 Å². The summed E-state index contributed by atoms with van der Waals surface area (Å²) >= 11 is 5.33. The Morgan fingerprint density at radius 1 is 1.50 bits per heavy atom. The summed E-state index contributed by atoms with van der Waals surface area (Å²) in [4.78, 5) is 1.30. The van der Waals surface area contributed by atoms with Crippen LogP contribution in [0.3, 0.4) is 0 Å². The zero-order valence-corrected chi connectivity index (χ0v) is 12.1. The van der Waals surface area contributed by atoms with E-state index in [2.05, 4.69) is 46.4 Å².